The van der Waals surface area contributed by atoms with Crippen molar-refractivity contribution < 1.29 is 9.47 Å². The first kappa shape index (κ1) is 16.3. The van der Waals surface area contributed by atoms with Crippen LogP contribution >= 0.6 is 12.4 Å². The fraction of sp³-hybridized carbons (Fsp3) is 0.583. The highest BCUT2D eigenvalue weighted by atomic mass is 35.5. The average Bonchev–Trinajstić information content (AvgIpc) is 2.33. The Morgan fingerprint density at radius 2 is 2.00 bits per heavy atom. The molecule has 1 aromatic heterocycles. The minimum absolute atomic E-state index is 0. The highest BCUT2D eigenvalue weighted by Gasteiger charge is 2.27. The molecule has 0 spiro atoms. The zero-order chi connectivity index (χ0) is 12.0. The van der Waals surface area contributed by atoms with Crippen LogP contribution in [0.25, 0.3) is 0 Å². The van der Waals surface area contributed by atoms with Gasteiger partial charge < -0.3 is 15.2 Å². The van der Waals surface area contributed by atoms with Crippen LogP contribution in [0.1, 0.15) is 25.1 Å². The van der Waals surface area contributed by atoms with Gasteiger partial charge in [-0.2, -0.15) is 0 Å². The maximum absolute atomic E-state index is 6.14. The van der Waals surface area contributed by atoms with Gasteiger partial charge in [-0.15, -0.1) is 12.4 Å². The van der Waals surface area contributed by atoms with Gasteiger partial charge in [0.15, 0.2) is 0 Å². The fourth-order valence-corrected chi connectivity index (χ4v) is 1.81. The molecule has 17 heavy (non-hydrogen) atoms. The standard InChI is InChI=1S/C12H20N2O2.ClH/c1-4-10(15-2)11(13)12(16-3)9-7-5-6-8-14-9;/h5-8,10-12H,4,13H2,1-3H3;1H/t10-,11+,12?;/m1./s1. The SMILES string of the molecule is CC[C@@H](OC)[C@H](N)C(OC)c1ccccn1.Cl. The summed E-state index contributed by atoms with van der Waals surface area (Å²) >= 11 is 0. The van der Waals surface area contributed by atoms with Crippen molar-refractivity contribution in [3.05, 3.63) is 30.1 Å². The van der Waals surface area contributed by atoms with Gasteiger partial charge in [-0.1, -0.05) is 13.0 Å². The van der Waals surface area contributed by atoms with E-state index in [2.05, 4.69) is 4.98 Å². The predicted molar refractivity (Wildman–Crippen MR) is 70.3 cm³/mol. The number of ether oxygens (including phenoxy) is 2. The molecule has 0 aliphatic heterocycles. The number of halogens is 1. The smallest absolute Gasteiger partial charge is 0.117 e. The van der Waals surface area contributed by atoms with E-state index in [4.69, 9.17) is 15.2 Å². The number of methoxy groups -OCH3 is 2. The number of rotatable bonds is 6. The van der Waals surface area contributed by atoms with Crippen molar-refractivity contribution >= 4 is 12.4 Å². The summed E-state index contributed by atoms with van der Waals surface area (Å²) < 4.78 is 10.7. The lowest BCUT2D eigenvalue weighted by Crippen LogP contribution is -2.41. The molecule has 4 nitrogen and oxygen atoms in total. The van der Waals surface area contributed by atoms with E-state index in [1.165, 1.54) is 0 Å². The Balaban J connectivity index is 0.00000256. The highest BCUT2D eigenvalue weighted by Crippen LogP contribution is 2.21. The maximum Gasteiger partial charge on any atom is 0.117 e. The van der Waals surface area contributed by atoms with E-state index in [0.29, 0.717) is 0 Å². The van der Waals surface area contributed by atoms with Crippen LogP contribution in [0.5, 0.6) is 0 Å². The second-order valence-corrected chi connectivity index (χ2v) is 3.67. The molecule has 5 heteroatoms. The molecule has 2 N–H and O–H groups in total. The minimum atomic E-state index is -0.230. The lowest BCUT2D eigenvalue weighted by Gasteiger charge is -2.28. The molecule has 1 rings (SSSR count). The van der Waals surface area contributed by atoms with E-state index in [1.807, 2.05) is 25.1 Å². The maximum atomic E-state index is 6.14. The number of nitrogens with two attached hydrogens (primary N) is 1. The summed E-state index contributed by atoms with van der Waals surface area (Å²) in [5.74, 6) is 0. The molecule has 1 heterocycles. The zero-order valence-electron chi connectivity index (χ0n) is 10.5. The Hall–Kier alpha value is -0.680. The first-order chi connectivity index (χ1) is 7.74. The summed E-state index contributed by atoms with van der Waals surface area (Å²) in [5, 5.41) is 0. The first-order valence-corrected chi connectivity index (χ1v) is 5.46. The van der Waals surface area contributed by atoms with Crippen LogP contribution in [0.2, 0.25) is 0 Å². The minimum Gasteiger partial charge on any atom is -0.380 e. The molecular formula is C12H21ClN2O2. The highest BCUT2D eigenvalue weighted by molar-refractivity contribution is 5.85. The van der Waals surface area contributed by atoms with E-state index in [-0.39, 0.29) is 30.7 Å². The predicted octanol–water partition coefficient (Wildman–Crippen LogP) is 1.94. The van der Waals surface area contributed by atoms with Gasteiger partial charge in [0.25, 0.3) is 0 Å². The lowest BCUT2D eigenvalue weighted by atomic mass is 10.0. The van der Waals surface area contributed by atoms with Crippen molar-refractivity contribution in [2.45, 2.75) is 31.6 Å². The summed E-state index contributed by atoms with van der Waals surface area (Å²) in [4.78, 5) is 4.26. The molecule has 0 aliphatic rings. The Kier molecular flexibility index (Phi) is 8.08. The van der Waals surface area contributed by atoms with Gasteiger partial charge in [0, 0.05) is 20.4 Å². The van der Waals surface area contributed by atoms with Gasteiger partial charge >= 0.3 is 0 Å². The van der Waals surface area contributed by atoms with E-state index in [1.54, 1.807) is 20.4 Å². The molecular weight excluding hydrogens is 240 g/mol. The number of nitrogens with zero attached hydrogens (tertiary/aromatic N) is 1. The van der Waals surface area contributed by atoms with Gasteiger partial charge in [-0.25, -0.2) is 0 Å². The molecule has 0 radical (unpaired) electrons. The molecule has 1 aromatic rings. The summed E-state index contributed by atoms with van der Waals surface area (Å²) in [6.45, 7) is 2.04. The Labute approximate surface area is 109 Å². The monoisotopic (exact) mass is 260 g/mol. The molecule has 0 aliphatic carbocycles. The van der Waals surface area contributed by atoms with Crippen molar-refractivity contribution in [1.82, 2.24) is 4.98 Å². The molecule has 0 aromatic carbocycles. The number of hydrogen-bond acceptors (Lipinski definition) is 4. The third-order valence-electron chi connectivity index (χ3n) is 2.72. The Bertz CT molecular complexity index is 294. The van der Waals surface area contributed by atoms with Crippen LogP contribution < -0.4 is 5.73 Å². The van der Waals surface area contributed by atoms with Crippen molar-refractivity contribution in [1.29, 1.82) is 0 Å². The largest absolute Gasteiger partial charge is 0.380 e. The third kappa shape index (κ3) is 4.24. The van der Waals surface area contributed by atoms with Crippen LogP contribution in [0, 0.1) is 0 Å². The zero-order valence-corrected chi connectivity index (χ0v) is 11.3. The molecule has 0 bridgehead atoms. The van der Waals surface area contributed by atoms with Crippen LogP contribution in [-0.4, -0.2) is 31.3 Å². The summed E-state index contributed by atoms with van der Waals surface area (Å²) in [5.41, 5.74) is 6.98. The second kappa shape index (κ2) is 8.42. The molecule has 0 amide bonds. The van der Waals surface area contributed by atoms with Crippen molar-refractivity contribution in [3.63, 3.8) is 0 Å². The van der Waals surface area contributed by atoms with Gasteiger partial charge in [0.1, 0.15) is 6.10 Å². The summed E-state index contributed by atoms with van der Waals surface area (Å²) in [6, 6.07) is 5.50. The fourth-order valence-electron chi connectivity index (χ4n) is 1.81. The van der Waals surface area contributed by atoms with Gasteiger partial charge in [0.05, 0.1) is 17.8 Å². The number of pyridine rings is 1. The number of hydrogen-bond donors (Lipinski definition) is 1. The molecule has 0 fully saturated rings. The van der Waals surface area contributed by atoms with Gasteiger partial charge in [0.2, 0.25) is 0 Å². The average molecular weight is 261 g/mol. The van der Waals surface area contributed by atoms with E-state index in [9.17, 15) is 0 Å². The summed E-state index contributed by atoms with van der Waals surface area (Å²) in [6.07, 6.45) is 2.34. The molecule has 3 atom stereocenters. The first-order valence-electron chi connectivity index (χ1n) is 5.46. The second-order valence-electron chi connectivity index (χ2n) is 3.67. The topological polar surface area (TPSA) is 57.4 Å². The van der Waals surface area contributed by atoms with Crippen molar-refractivity contribution in [3.8, 4) is 0 Å². The normalized spacial score (nSPS) is 15.8. The molecule has 98 valence electrons. The third-order valence-corrected chi connectivity index (χ3v) is 2.72. The Morgan fingerprint density at radius 3 is 2.41 bits per heavy atom. The van der Waals surface area contributed by atoms with E-state index in [0.717, 1.165) is 12.1 Å². The van der Waals surface area contributed by atoms with Crippen molar-refractivity contribution in [2.24, 2.45) is 5.73 Å². The van der Waals surface area contributed by atoms with Gasteiger partial charge in [-0.05, 0) is 18.6 Å². The van der Waals surface area contributed by atoms with Crippen molar-refractivity contribution in [2.75, 3.05) is 14.2 Å². The Morgan fingerprint density at radius 1 is 1.29 bits per heavy atom. The summed E-state index contributed by atoms with van der Waals surface area (Å²) in [7, 11) is 3.31. The van der Waals surface area contributed by atoms with Crippen LogP contribution in [0.15, 0.2) is 24.4 Å². The molecule has 0 saturated heterocycles. The van der Waals surface area contributed by atoms with E-state index >= 15 is 0 Å². The molecule has 0 saturated carbocycles. The van der Waals surface area contributed by atoms with Crippen LogP contribution in [0.3, 0.4) is 0 Å². The quantitative estimate of drug-likeness (QED) is 0.849. The van der Waals surface area contributed by atoms with E-state index < -0.39 is 0 Å². The molecule has 1 unspecified atom stereocenters. The lowest BCUT2D eigenvalue weighted by molar-refractivity contribution is -0.00154. The van der Waals surface area contributed by atoms with Crippen LogP contribution in [-0.2, 0) is 9.47 Å². The van der Waals surface area contributed by atoms with Gasteiger partial charge in [-0.3, -0.25) is 4.98 Å². The number of aromatic nitrogens is 1. The van der Waals surface area contributed by atoms with Crippen LogP contribution in [0.4, 0.5) is 0 Å².